The summed E-state index contributed by atoms with van der Waals surface area (Å²) in [6.45, 7) is -1.75. The molecule has 2 rings (SSSR count). The van der Waals surface area contributed by atoms with Crippen LogP contribution in [0.3, 0.4) is 0 Å². The molecule has 0 bridgehead atoms. The van der Waals surface area contributed by atoms with Gasteiger partial charge in [-0.25, -0.2) is 0 Å². The van der Waals surface area contributed by atoms with Crippen molar-refractivity contribution in [3.05, 3.63) is 90.3 Å². The van der Waals surface area contributed by atoms with Crippen LogP contribution >= 0.6 is 0 Å². The Kier molecular flexibility index (Phi) is 7.44. The van der Waals surface area contributed by atoms with Crippen molar-refractivity contribution in [3.8, 4) is 11.5 Å². The van der Waals surface area contributed by atoms with Crippen molar-refractivity contribution in [1.82, 2.24) is 0 Å². The Morgan fingerprint density at radius 3 is 1.20 bits per heavy atom. The zero-order chi connectivity index (χ0) is 22.3. The van der Waals surface area contributed by atoms with Crippen molar-refractivity contribution >= 4 is 0 Å². The number of hydroxylamine groups is 2. The summed E-state index contributed by atoms with van der Waals surface area (Å²) >= 11 is 0. The topological polar surface area (TPSA) is 157 Å². The molecule has 0 aliphatic heterocycles. The minimum atomic E-state index is -1.49. The molecule has 160 valence electrons. The Hall–Kier alpha value is -3.96. The third-order valence-corrected chi connectivity index (χ3v) is 4.37. The molecule has 0 aromatic heterocycles. The Morgan fingerprint density at radius 2 is 0.967 bits per heavy atom. The quantitative estimate of drug-likeness (QED) is 0.245. The standard InChI is InChI=1S/C18H20N4O8/c1-29-15-7-3-13(4-8-15)17(11-19(23)24)21(27)22(28)18(12-20(25)26)14-5-9-16(30-2)10-6-14/h3-10,17-18H,11-12H2,1-2H3/b22-21+. The molecule has 0 aliphatic carbocycles. The lowest BCUT2D eigenvalue weighted by Crippen LogP contribution is -2.32. The van der Waals surface area contributed by atoms with Crippen LogP contribution in [0.25, 0.3) is 0 Å². The van der Waals surface area contributed by atoms with E-state index in [0.29, 0.717) is 11.5 Å². The first-order valence-corrected chi connectivity index (χ1v) is 8.71. The summed E-state index contributed by atoms with van der Waals surface area (Å²) in [7, 11) is 2.86. The van der Waals surface area contributed by atoms with Crippen LogP contribution in [-0.4, -0.2) is 46.9 Å². The summed E-state index contributed by atoms with van der Waals surface area (Å²) in [5, 5.41) is 47.8. The van der Waals surface area contributed by atoms with E-state index in [-0.39, 0.29) is 20.8 Å². The fourth-order valence-electron chi connectivity index (χ4n) is 2.81. The number of ether oxygens (including phenoxy) is 2. The van der Waals surface area contributed by atoms with E-state index in [4.69, 9.17) is 9.47 Å². The van der Waals surface area contributed by atoms with Gasteiger partial charge in [-0.3, -0.25) is 20.2 Å². The molecule has 0 aliphatic rings. The highest BCUT2D eigenvalue weighted by Gasteiger charge is 2.38. The number of hydrogen-bond acceptors (Lipinski definition) is 8. The van der Waals surface area contributed by atoms with Gasteiger partial charge in [0.25, 0.3) is 13.1 Å². The van der Waals surface area contributed by atoms with Crippen LogP contribution in [0.4, 0.5) is 0 Å². The minimum Gasteiger partial charge on any atom is -0.566 e. The summed E-state index contributed by atoms with van der Waals surface area (Å²) in [4.78, 5) is 20.5. The third kappa shape index (κ3) is 5.53. The minimum absolute atomic E-state index is 0.136. The van der Waals surface area contributed by atoms with Crippen LogP contribution in [0.5, 0.6) is 11.5 Å². The highest BCUT2D eigenvalue weighted by atomic mass is 16.6. The number of benzene rings is 2. The van der Waals surface area contributed by atoms with Gasteiger partial charge in [0, 0.05) is 21.0 Å². The molecule has 0 amide bonds. The van der Waals surface area contributed by atoms with E-state index in [9.17, 15) is 30.6 Å². The maximum absolute atomic E-state index is 12.8. The second-order valence-corrected chi connectivity index (χ2v) is 6.21. The molecule has 30 heavy (non-hydrogen) atoms. The number of nitrogens with zero attached hydrogens (tertiary/aromatic N) is 4. The largest absolute Gasteiger partial charge is 0.566 e. The lowest BCUT2D eigenvalue weighted by atomic mass is 10.1. The first-order chi connectivity index (χ1) is 14.3. The molecular weight excluding hydrogens is 400 g/mol. The van der Waals surface area contributed by atoms with Gasteiger partial charge in [0.1, 0.15) is 11.5 Å². The predicted octanol–water partition coefficient (Wildman–Crippen LogP) is 2.51. The predicted molar refractivity (Wildman–Crippen MR) is 102 cm³/mol. The summed E-state index contributed by atoms with van der Waals surface area (Å²) in [5.74, 6) is 0.916. The highest BCUT2D eigenvalue weighted by Crippen LogP contribution is 2.25. The molecule has 2 aromatic rings. The van der Waals surface area contributed by atoms with Crippen LogP contribution in [0.2, 0.25) is 0 Å². The van der Waals surface area contributed by atoms with Crippen molar-refractivity contribution in [2.45, 2.75) is 12.1 Å². The van der Waals surface area contributed by atoms with Crippen LogP contribution in [0.1, 0.15) is 23.2 Å². The van der Waals surface area contributed by atoms with Crippen molar-refractivity contribution < 1.29 is 29.0 Å². The van der Waals surface area contributed by atoms with Gasteiger partial charge in [0.15, 0.2) is 0 Å². The molecule has 2 unspecified atom stereocenters. The first kappa shape index (κ1) is 22.3. The lowest BCUT2D eigenvalue weighted by Gasteiger charge is -2.16. The van der Waals surface area contributed by atoms with Gasteiger partial charge in [-0.1, -0.05) is 0 Å². The summed E-state index contributed by atoms with van der Waals surface area (Å²) < 4.78 is 10.0. The molecule has 0 radical (unpaired) electrons. The van der Waals surface area contributed by atoms with Crippen LogP contribution in [0.15, 0.2) is 48.5 Å². The van der Waals surface area contributed by atoms with E-state index >= 15 is 0 Å². The van der Waals surface area contributed by atoms with E-state index in [0.717, 1.165) is 0 Å². The number of rotatable bonds is 10. The molecule has 0 saturated heterocycles. The van der Waals surface area contributed by atoms with E-state index in [1.54, 1.807) is 0 Å². The van der Waals surface area contributed by atoms with Crippen molar-refractivity contribution in [3.63, 3.8) is 0 Å². The first-order valence-electron chi connectivity index (χ1n) is 8.71. The second-order valence-electron chi connectivity index (χ2n) is 6.21. The summed E-state index contributed by atoms with van der Waals surface area (Å²) in [6.07, 6.45) is 0. The van der Waals surface area contributed by atoms with Crippen molar-refractivity contribution in [2.75, 3.05) is 27.3 Å². The lowest BCUT2D eigenvalue weighted by molar-refractivity contribution is -1.01. The maximum atomic E-state index is 12.8. The Labute approximate surface area is 171 Å². The SMILES string of the molecule is COc1ccc(C(C[N+](=O)[O-])/[N+]([O-])=[N+](\[O-])C(C[N+](=O)[O-])c2ccc(OC)cc2)cc1. The summed E-state index contributed by atoms with van der Waals surface area (Å²) in [6, 6.07) is 8.65. The monoisotopic (exact) mass is 420 g/mol. The molecule has 0 fully saturated rings. The van der Waals surface area contributed by atoms with Crippen molar-refractivity contribution in [2.24, 2.45) is 0 Å². The van der Waals surface area contributed by atoms with Gasteiger partial charge >= 0.3 is 12.1 Å². The molecule has 2 atom stereocenters. The van der Waals surface area contributed by atoms with Gasteiger partial charge < -0.3 is 19.9 Å². The van der Waals surface area contributed by atoms with Gasteiger partial charge in [-0.2, -0.15) is 0 Å². The van der Waals surface area contributed by atoms with Gasteiger partial charge in [0.05, 0.1) is 23.9 Å². The van der Waals surface area contributed by atoms with Crippen molar-refractivity contribution in [1.29, 1.82) is 0 Å². The summed E-state index contributed by atoms with van der Waals surface area (Å²) in [5.41, 5.74) is 0.385. The molecule has 0 N–H and O–H groups in total. The normalized spacial score (nSPS) is 13.7. The second kappa shape index (κ2) is 10.0. The molecule has 0 saturated carbocycles. The molecular formula is C18H20N4O8. The third-order valence-electron chi connectivity index (χ3n) is 4.37. The van der Waals surface area contributed by atoms with E-state index < -0.39 is 35.0 Å². The fourth-order valence-corrected chi connectivity index (χ4v) is 2.81. The number of hydrogen-bond donors (Lipinski definition) is 0. The molecule has 12 heteroatoms. The van der Waals surface area contributed by atoms with Gasteiger partial charge in [-0.15, -0.1) is 0 Å². The Bertz CT molecular complexity index is 839. The van der Waals surface area contributed by atoms with Gasteiger partial charge in [-0.05, 0) is 48.5 Å². The van der Waals surface area contributed by atoms with Crippen LogP contribution < -0.4 is 9.47 Å². The fraction of sp³-hybridized carbons (Fsp3) is 0.333. The average molecular weight is 420 g/mol. The highest BCUT2D eigenvalue weighted by molar-refractivity contribution is 5.29. The zero-order valence-corrected chi connectivity index (χ0v) is 16.2. The van der Waals surface area contributed by atoms with Crippen LogP contribution in [-0.2, 0) is 0 Å². The van der Waals surface area contributed by atoms with E-state index in [1.807, 2.05) is 0 Å². The Morgan fingerprint density at radius 1 is 0.667 bits per heavy atom. The molecule has 12 nitrogen and oxygen atoms in total. The molecule has 2 aromatic carbocycles. The maximum Gasteiger partial charge on any atom is 0.317 e. The van der Waals surface area contributed by atoms with Crippen LogP contribution in [0, 0.1) is 30.6 Å². The molecule has 0 heterocycles. The van der Waals surface area contributed by atoms with Gasteiger partial charge in [0.2, 0.25) is 0 Å². The molecule has 0 spiro atoms. The zero-order valence-electron chi connectivity index (χ0n) is 16.2. The average Bonchev–Trinajstić information content (AvgIpc) is 2.75. The number of methoxy groups -OCH3 is 2. The van der Waals surface area contributed by atoms with E-state index in [1.165, 1.54) is 62.8 Å². The smallest absolute Gasteiger partial charge is 0.317 e. The number of nitro groups is 2. The Balaban J connectivity index is 2.50. The number of azo groups is 1. The van der Waals surface area contributed by atoms with E-state index in [2.05, 4.69) is 0 Å².